The van der Waals surface area contributed by atoms with Crippen LogP contribution in [0.2, 0.25) is 0 Å². The normalized spacial score (nSPS) is 9.71. The number of rotatable bonds is 3. The topological polar surface area (TPSA) is 29.9 Å². The maximum Gasteiger partial charge on any atom is 0.122 e. The fourth-order valence-corrected chi connectivity index (χ4v) is 1.47. The molecule has 0 atom stereocenters. The summed E-state index contributed by atoms with van der Waals surface area (Å²) in [5.74, 6) is 7.20. The average Bonchev–Trinajstić information content (AvgIpc) is 2.76. The van der Waals surface area contributed by atoms with Crippen LogP contribution in [0.4, 0.5) is 0 Å². The Morgan fingerprint density at radius 2 is 2.12 bits per heavy atom. The van der Waals surface area contributed by atoms with Gasteiger partial charge in [0.05, 0.1) is 13.1 Å². The average molecular weight is 225 g/mol. The molecule has 0 saturated heterocycles. The Bertz CT molecular complexity index is 517. The Morgan fingerprint density at radius 3 is 2.82 bits per heavy atom. The molecule has 3 nitrogen and oxygen atoms in total. The number of aromatic nitrogens is 2. The van der Waals surface area contributed by atoms with Gasteiger partial charge in [-0.2, -0.15) is 0 Å². The van der Waals surface area contributed by atoms with Crippen LogP contribution in [0, 0.1) is 11.8 Å². The molecule has 2 rings (SSSR count). The molecule has 0 saturated carbocycles. The molecule has 0 aliphatic carbocycles. The van der Waals surface area contributed by atoms with Gasteiger partial charge in [-0.1, -0.05) is 30.0 Å². The lowest BCUT2D eigenvalue weighted by Gasteiger charge is -2.00. The summed E-state index contributed by atoms with van der Waals surface area (Å²) in [5, 5.41) is 3.24. The van der Waals surface area contributed by atoms with Gasteiger partial charge in [0.15, 0.2) is 0 Å². The lowest BCUT2D eigenvalue weighted by molar-refractivity contribution is 0.685. The predicted molar refractivity (Wildman–Crippen MR) is 68.2 cm³/mol. The Labute approximate surface area is 102 Å². The quantitative estimate of drug-likeness (QED) is 0.634. The Kier molecular flexibility index (Phi) is 3.95. The van der Waals surface area contributed by atoms with Gasteiger partial charge in [0.25, 0.3) is 0 Å². The lowest BCUT2D eigenvalue weighted by Crippen LogP contribution is -2.16. The third-order valence-corrected chi connectivity index (χ3v) is 2.42. The molecular formula is C14H15N3. The van der Waals surface area contributed by atoms with Crippen molar-refractivity contribution in [2.24, 2.45) is 7.05 Å². The molecule has 86 valence electrons. The van der Waals surface area contributed by atoms with E-state index < -0.39 is 0 Å². The predicted octanol–water partition coefficient (Wildman–Crippen LogP) is 1.56. The highest BCUT2D eigenvalue weighted by atomic mass is 15.1. The van der Waals surface area contributed by atoms with Crippen molar-refractivity contribution >= 4 is 0 Å². The summed E-state index contributed by atoms with van der Waals surface area (Å²) in [6.07, 6.45) is 3.74. The van der Waals surface area contributed by atoms with E-state index in [0.717, 1.165) is 17.9 Å². The van der Waals surface area contributed by atoms with Gasteiger partial charge in [0, 0.05) is 25.0 Å². The third-order valence-electron chi connectivity index (χ3n) is 2.42. The van der Waals surface area contributed by atoms with E-state index in [1.807, 2.05) is 48.1 Å². The molecule has 0 aliphatic heterocycles. The number of hydrogen-bond acceptors (Lipinski definition) is 2. The fourth-order valence-electron chi connectivity index (χ4n) is 1.47. The largest absolute Gasteiger partial charge is 0.337 e. The van der Waals surface area contributed by atoms with Crippen molar-refractivity contribution in [3.8, 4) is 11.8 Å². The van der Waals surface area contributed by atoms with Crippen molar-refractivity contribution in [1.82, 2.24) is 14.9 Å². The first kappa shape index (κ1) is 11.4. The first-order valence-corrected chi connectivity index (χ1v) is 5.57. The van der Waals surface area contributed by atoms with Crippen LogP contribution >= 0.6 is 0 Å². The SMILES string of the molecule is Cn1ccnc1CNCC#Cc1ccccc1. The third kappa shape index (κ3) is 3.47. The van der Waals surface area contributed by atoms with Gasteiger partial charge in [-0.05, 0) is 12.1 Å². The first-order chi connectivity index (χ1) is 8.36. The van der Waals surface area contributed by atoms with E-state index in [-0.39, 0.29) is 0 Å². The van der Waals surface area contributed by atoms with Crippen LogP contribution in [0.5, 0.6) is 0 Å². The molecule has 0 unspecified atom stereocenters. The molecule has 1 aromatic heterocycles. The standard InChI is InChI=1S/C14H15N3/c1-17-11-10-16-14(17)12-15-9-5-8-13-6-3-2-4-7-13/h2-4,6-7,10-11,15H,9,12H2,1H3. The summed E-state index contributed by atoms with van der Waals surface area (Å²) < 4.78 is 2.00. The van der Waals surface area contributed by atoms with Crippen molar-refractivity contribution in [3.63, 3.8) is 0 Å². The zero-order valence-electron chi connectivity index (χ0n) is 9.85. The number of nitrogens with zero attached hydrogens (tertiary/aromatic N) is 2. The zero-order valence-corrected chi connectivity index (χ0v) is 9.85. The Balaban J connectivity index is 1.78. The maximum atomic E-state index is 4.22. The van der Waals surface area contributed by atoms with Crippen LogP contribution in [-0.4, -0.2) is 16.1 Å². The molecular weight excluding hydrogens is 210 g/mol. The molecule has 0 spiro atoms. The summed E-state index contributed by atoms with van der Waals surface area (Å²) in [6.45, 7) is 1.41. The second kappa shape index (κ2) is 5.88. The summed E-state index contributed by atoms with van der Waals surface area (Å²) in [5.41, 5.74) is 1.05. The minimum Gasteiger partial charge on any atom is -0.337 e. The van der Waals surface area contributed by atoms with Crippen LogP contribution in [-0.2, 0) is 13.6 Å². The van der Waals surface area contributed by atoms with Crippen LogP contribution in [0.15, 0.2) is 42.7 Å². The van der Waals surface area contributed by atoms with E-state index in [9.17, 15) is 0 Å². The molecule has 0 bridgehead atoms. The van der Waals surface area contributed by atoms with E-state index >= 15 is 0 Å². The summed E-state index contributed by atoms with van der Waals surface area (Å²) in [7, 11) is 1.99. The summed E-state index contributed by atoms with van der Waals surface area (Å²) >= 11 is 0. The Hall–Kier alpha value is -2.05. The molecule has 0 amide bonds. The van der Waals surface area contributed by atoms with Crippen LogP contribution in [0.3, 0.4) is 0 Å². The first-order valence-electron chi connectivity index (χ1n) is 5.57. The van der Waals surface area contributed by atoms with Gasteiger partial charge in [-0.15, -0.1) is 0 Å². The van der Waals surface area contributed by atoms with Gasteiger partial charge < -0.3 is 4.57 Å². The molecule has 0 radical (unpaired) electrons. The van der Waals surface area contributed by atoms with Crippen molar-refractivity contribution in [2.75, 3.05) is 6.54 Å². The lowest BCUT2D eigenvalue weighted by atomic mass is 10.2. The van der Waals surface area contributed by atoms with E-state index in [2.05, 4.69) is 22.1 Å². The van der Waals surface area contributed by atoms with Crippen LogP contribution < -0.4 is 5.32 Å². The fraction of sp³-hybridized carbons (Fsp3) is 0.214. The molecule has 17 heavy (non-hydrogen) atoms. The second-order valence-electron chi connectivity index (χ2n) is 3.73. The van der Waals surface area contributed by atoms with Crippen LogP contribution in [0.25, 0.3) is 0 Å². The van der Waals surface area contributed by atoms with Crippen molar-refractivity contribution in [1.29, 1.82) is 0 Å². The van der Waals surface area contributed by atoms with Crippen molar-refractivity contribution < 1.29 is 0 Å². The van der Waals surface area contributed by atoms with Gasteiger partial charge in [-0.25, -0.2) is 4.98 Å². The number of benzene rings is 1. The minimum atomic E-state index is 0.668. The minimum absolute atomic E-state index is 0.668. The highest BCUT2D eigenvalue weighted by molar-refractivity contribution is 5.33. The second-order valence-corrected chi connectivity index (χ2v) is 3.73. The summed E-state index contributed by atoms with van der Waals surface area (Å²) in [6, 6.07) is 9.98. The van der Waals surface area contributed by atoms with Gasteiger partial charge in [0.1, 0.15) is 5.82 Å². The Morgan fingerprint density at radius 1 is 1.29 bits per heavy atom. The zero-order chi connectivity index (χ0) is 11.9. The van der Waals surface area contributed by atoms with Gasteiger partial charge >= 0.3 is 0 Å². The van der Waals surface area contributed by atoms with E-state index in [1.165, 1.54) is 0 Å². The van der Waals surface area contributed by atoms with Gasteiger partial charge in [0.2, 0.25) is 0 Å². The number of imidazole rings is 1. The molecule has 0 aliphatic rings. The van der Waals surface area contributed by atoms with Gasteiger partial charge in [-0.3, -0.25) is 5.32 Å². The molecule has 1 aromatic carbocycles. The van der Waals surface area contributed by atoms with E-state index in [4.69, 9.17) is 0 Å². The van der Waals surface area contributed by atoms with Crippen molar-refractivity contribution in [2.45, 2.75) is 6.54 Å². The smallest absolute Gasteiger partial charge is 0.122 e. The monoisotopic (exact) mass is 225 g/mol. The molecule has 3 heteroatoms. The highest BCUT2D eigenvalue weighted by Crippen LogP contribution is 1.94. The molecule has 1 heterocycles. The van der Waals surface area contributed by atoms with Crippen LogP contribution in [0.1, 0.15) is 11.4 Å². The van der Waals surface area contributed by atoms with E-state index in [1.54, 1.807) is 6.20 Å². The molecule has 0 fully saturated rings. The number of aryl methyl sites for hydroxylation is 1. The maximum absolute atomic E-state index is 4.22. The van der Waals surface area contributed by atoms with Crippen molar-refractivity contribution in [3.05, 3.63) is 54.1 Å². The van der Waals surface area contributed by atoms with E-state index in [0.29, 0.717) is 6.54 Å². The summed E-state index contributed by atoms with van der Waals surface area (Å²) in [4.78, 5) is 4.22. The number of nitrogens with one attached hydrogen (secondary N) is 1. The number of hydrogen-bond donors (Lipinski definition) is 1. The highest BCUT2D eigenvalue weighted by Gasteiger charge is 1.95. The molecule has 2 aromatic rings. The molecule has 1 N–H and O–H groups in total.